The van der Waals surface area contributed by atoms with Gasteiger partial charge < -0.3 is 5.32 Å². The van der Waals surface area contributed by atoms with Gasteiger partial charge in [0, 0.05) is 35.8 Å². The standard InChI is InChI=1S/C18H21BrN2/c1-14-17(19)8-5-9-18(14)20-16-10-11-21(13-16)12-15-6-3-2-4-7-15/h2-9,16,20H,10-13H2,1H3. The zero-order chi connectivity index (χ0) is 14.7. The van der Waals surface area contributed by atoms with E-state index in [4.69, 9.17) is 0 Å². The van der Waals surface area contributed by atoms with Crippen molar-refractivity contribution < 1.29 is 0 Å². The highest BCUT2D eigenvalue weighted by molar-refractivity contribution is 9.10. The lowest BCUT2D eigenvalue weighted by Crippen LogP contribution is -2.26. The number of hydrogen-bond acceptors (Lipinski definition) is 2. The fourth-order valence-corrected chi connectivity index (χ4v) is 3.29. The van der Waals surface area contributed by atoms with E-state index in [9.17, 15) is 0 Å². The van der Waals surface area contributed by atoms with Crippen molar-refractivity contribution >= 4 is 21.6 Å². The van der Waals surface area contributed by atoms with Gasteiger partial charge in [0.2, 0.25) is 0 Å². The third-order valence-electron chi connectivity index (χ3n) is 4.15. The predicted molar refractivity (Wildman–Crippen MR) is 92.6 cm³/mol. The molecule has 3 heteroatoms. The van der Waals surface area contributed by atoms with E-state index in [2.05, 4.69) is 81.6 Å². The van der Waals surface area contributed by atoms with Crippen LogP contribution < -0.4 is 5.32 Å². The van der Waals surface area contributed by atoms with E-state index in [0.717, 1.165) is 13.1 Å². The number of halogens is 1. The van der Waals surface area contributed by atoms with E-state index in [1.807, 2.05) is 0 Å². The van der Waals surface area contributed by atoms with E-state index in [1.165, 1.54) is 34.3 Å². The first-order valence-electron chi connectivity index (χ1n) is 7.50. The van der Waals surface area contributed by atoms with Crippen molar-refractivity contribution in [2.45, 2.75) is 25.9 Å². The summed E-state index contributed by atoms with van der Waals surface area (Å²) >= 11 is 3.60. The van der Waals surface area contributed by atoms with E-state index >= 15 is 0 Å². The summed E-state index contributed by atoms with van der Waals surface area (Å²) in [4.78, 5) is 2.53. The average molecular weight is 345 g/mol. The Morgan fingerprint density at radius 3 is 2.76 bits per heavy atom. The van der Waals surface area contributed by atoms with Gasteiger partial charge in [-0.05, 0) is 36.6 Å². The minimum absolute atomic E-state index is 0.543. The Balaban J connectivity index is 1.59. The van der Waals surface area contributed by atoms with Gasteiger partial charge in [-0.2, -0.15) is 0 Å². The second-order valence-corrected chi connectivity index (χ2v) is 6.62. The molecule has 1 saturated heterocycles. The number of anilines is 1. The monoisotopic (exact) mass is 344 g/mol. The predicted octanol–water partition coefficient (Wildman–Crippen LogP) is 4.44. The quantitative estimate of drug-likeness (QED) is 0.881. The van der Waals surface area contributed by atoms with E-state index in [-0.39, 0.29) is 0 Å². The maximum atomic E-state index is 3.69. The summed E-state index contributed by atoms with van der Waals surface area (Å²) < 4.78 is 1.17. The third-order valence-corrected chi connectivity index (χ3v) is 5.01. The Morgan fingerprint density at radius 1 is 1.14 bits per heavy atom. The van der Waals surface area contributed by atoms with Crippen LogP contribution in [-0.4, -0.2) is 24.0 Å². The molecule has 110 valence electrons. The van der Waals surface area contributed by atoms with Crippen molar-refractivity contribution in [1.82, 2.24) is 4.90 Å². The molecular formula is C18H21BrN2. The molecule has 1 fully saturated rings. The lowest BCUT2D eigenvalue weighted by molar-refractivity contribution is 0.328. The summed E-state index contributed by atoms with van der Waals surface area (Å²) in [6.45, 7) is 5.49. The topological polar surface area (TPSA) is 15.3 Å². The Hall–Kier alpha value is -1.32. The molecule has 2 nitrogen and oxygen atoms in total. The summed E-state index contributed by atoms with van der Waals surface area (Å²) in [5.74, 6) is 0. The lowest BCUT2D eigenvalue weighted by atomic mass is 10.1. The molecule has 1 aliphatic rings. The van der Waals surface area contributed by atoms with Crippen LogP contribution in [0.25, 0.3) is 0 Å². The minimum atomic E-state index is 0.543. The van der Waals surface area contributed by atoms with Crippen LogP contribution in [0, 0.1) is 6.92 Å². The van der Waals surface area contributed by atoms with Gasteiger partial charge in [-0.25, -0.2) is 0 Å². The van der Waals surface area contributed by atoms with Gasteiger partial charge in [0.25, 0.3) is 0 Å². The highest BCUT2D eigenvalue weighted by Crippen LogP contribution is 2.25. The molecule has 2 aromatic carbocycles. The summed E-state index contributed by atoms with van der Waals surface area (Å²) in [5, 5.41) is 3.69. The van der Waals surface area contributed by atoms with Crippen LogP contribution in [0.1, 0.15) is 17.5 Å². The van der Waals surface area contributed by atoms with Crippen molar-refractivity contribution in [2.24, 2.45) is 0 Å². The van der Waals surface area contributed by atoms with Gasteiger partial charge >= 0.3 is 0 Å². The molecule has 21 heavy (non-hydrogen) atoms. The third kappa shape index (κ3) is 3.66. The second kappa shape index (κ2) is 6.63. The molecule has 0 bridgehead atoms. The highest BCUT2D eigenvalue weighted by Gasteiger charge is 2.22. The Morgan fingerprint density at radius 2 is 1.95 bits per heavy atom. The van der Waals surface area contributed by atoms with Gasteiger partial charge in [-0.1, -0.05) is 52.3 Å². The summed E-state index contributed by atoms with van der Waals surface area (Å²) in [6, 6.07) is 17.6. The van der Waals surface area contributed by atoms with Crippen molar-refractivity contribution in [1.29, 1.82) is 0 Å². The maximum Gasteiger partial charge on any atom is 0.0400 e. The fourth-order valence-electron chi connectivity index (χ4n) is 2.92. The maximum absolute atomic E-state index is 3.69. The van der Waals surface area contributed by atoms with Crippen molar-refractivity contribution in [2.75, 3.05) is 18.4 Å². The molecule has 0 aromatic heterocycles. The van der Waals surface area contributed by atoms with Crippen LogP contribution in [0.4, 0.5) is 5.69 Å². The number of nitrogens with one attached hydrogen (secondary N) is 1. The van der Waals surface area contributed by atoms with Gasteiger partial charge in [0.1, 0.15) is 0 Å². The normalized spacial score (nSPS) is 18.9. The van der Waals surface area contributed by atoms with Gasteiger partial charge in [-0.3, -0.25) is 4.90 Å². The Bertz CT molecular complexity index is 597. The van der Waals surface area contributed by atoms with Crippen LogP contribution in [0.3, 0.4) is 0 Å². The summed E-state index contributed by atoms with van der Waals surface area (Å²) in [6.07, 6.45) is 1.21. The second-order valence-electron chi connectivity index (χ2n) is 5.76. The number of benzene rings is 2. The minimum Gasteiger partial charge on any atom is -0.381 e. The molecule has 0 amide bonds. The highest BCUT2D eigenvalue weighted by atomic mass is 79.9. The van der Waals surface area contributed by atoms with Crippen LogP contribution in [0.15, 0.2) is 53.0 Å². The van der Waals surface area contributed by atoms with Crippen LogP contribution in [0.5, 0.6) is 0 Å². The zero-order valence-corrected chi connectivity index (χ0v) is 13.9. The average Bonchev–Trinajstić information content (AvgIpc) is 2.92. The summed E-state index contributed by atoms with van der Waals surface area (Å²) in [5.41, 5.74) is 3.94. The Kier molecular flexibility index (Phi) is 4.61. The van der Waals surface area contributed by atoms with Crippen LogP contribution >= 0.6 is 15.9 Å². The van der Waals surface area contributed by atoms with E-state index in [1.54, 1.807) is 0 Å². The summed E-state index contributed by atoms with van der Waals surface area (Å²) in [7, 11) is 0. The molecule has 1 heterocycles. The molecule has 2 aromatic rings. The molecule has 1 N–H and O–H groups in total. The van der Waals surface area contributed by atoms with E-state index < -0.39 is 0 Å². The molecule has 1 unspecified atom stereocenters. The first kappa shape index (κ1) is 14.6. The molecule has 3 rings (SSSR count). The number of likely N-dealkylation sites (tertiary alicyclic amines) is 1. The first-order chi connectivity index (χ1) is 10.2. The van der Waals surface area contributed by atoms with Crippen LogP contribution in [0.2, 0.25) is 0 Å². The molecule has 0 spiro atoms. The molecule has 1 aliphatic heterocycles. The zero-order valence-electron chi connectivity index (χ0n) is 12.3. The Labute approximate surface area is 135 Å². The van der Waals surface area contributed by atoms with Gasteiger partial charge in [0.15, 0.2) is 0 Å². The van der Waals surface area contributed by atoms with Crippen molar-refractivity contribution in [3.8, 4) is 0 Å². The smallest absolute Gasteiger partial charge is 0.0400 e. The fraction of sp³-hybridized carbons (Fsp3) is 0.333. The van der Waals surface area contributed by atoms with Gasteiger partial charge in [0.05, 0.1) is 0 Å². The van der Waals surface area contributed by atoms with Gasteiger partial charge in [-0.15, -0.1) is 0 Å². The molecule has 0 saturated carbocycles. The van der Waals surface area contributed by atoms with Crippen molar-refractivity contribution in [3.63, 3.8) is 0 Å². The van der Waals surface area contributed by atoms with Crippen LogP contribution in [-0.2, 0) is 6.54 Å². The SMILES string of the molecule is Cc1c(Br)cccc1NC1CCN(Cc2ccccc2)C1. The first-order valence-corrected chi connectivity index (χ1v) is 8.29. The molecule has 0 radical (unpaired) electrons. The molecule has 0 aliphatic carbocycles. The number of nitrogens with zero attached hydrogens (tertiary/aromatic N) is 1. The lowest BCUT2D eigenvalue weighted by Gasteiger charge is -2.19. The largest absolute Gasteiger partial charge is 0.381 e. The number of hydrogen-bond donors (Lipinski definition) is 1. The van der Waals surface area contributed by atoms with E-state index in [0.29, 0.717) is 6.04 Å². The molecular weight excluding hydrogens is 324 g/mol. The van der Waals surface area contributed by atoms with Crippen molar-refractivity contribution in [3.05, 3.63) is 64.1 Å². The number of rotatable bonds is 4. The molecule has 1 atom stereocenters.